The summed E-state index contributed by atoms with van der Waals surface area (Å²) in [6.45, 7) is 1.45. The highest BCUT2D eigenvalue weighted by atomic mass is 79.9. The first-order chi connectivity index (χ1) is 12.2. The molecule has 0 bridgehead atoms. The minimum atomic E-state index is -0.177. The topological polar surface area (TPSA) is 55.6 Å². The number of fused-ring (bicyclic) bond motifs is 1. The van der Waals surface area contributed by atoms with Gasteiger partial charge >= 0.3 is 5.97 Å². The Balaban J connectivity index is 1.39. The van der Waals surface area contributed by atoms with Gasteiger partial charge in [-0.25, -0.2) is 0 Å². The molecule has 3 aromatic rings. The van der Waals surface area contributed by atoms with Crippen molar-refractivity contribution in [3.63, 3.8) is 0 Å². The third-order valence-corrected chi connectivity index (χ3v) is 5.08. The van der Waals surface area contributed by atoms with Crippen molar-refractivity contribution in [3.8, 4) is 5.75 Å². The third-order valence-electron chi connectivity index (χ3n) is 4.43. The molecule has 0 radical (unpaired) electrons. The Kier molecular flexibility index (Phi) is 4.44. The summed E-state index contributed by atoms with van der Waals surface area (Å²) in [5.41, 5.74) is 1.64. The van der Waals surface area contributed by atoms with E-state index >= 15 is 0 Å². The molecule has 5 nitrogen and oxygen atoms in total. The zero-order valence-electron chi connectivity index (χ0n) is 13.5. The Labute approximate surface area is 153 Å². The largest absolute Gasteiger partial charge is 0.425 e. The lowest BCUT2D eigenvalue weighted by Gasteiger charge is -2.29. The quantitative estimate of drug-likeness (QED) is 0.481. The second-order valence-electron chi connectivity index (χ2n) is 6.08. The molecular weight excluding hydrogens is 384 g/mol. The predicted octanol–water partition coefficient (Wildman–Crippen LogP) is 4.41. The number of carbonyl (C=O) groups excluding carboxylic acids is 1. The molecule has 0 saturated carbocycles. The van der Waals surface area contributed by atoms with Crippen molar-refractivity contribution < 1.29 is 13.9 Å². The van der Waals surface area contributed by atoms with Crippen molar-refractivity contribution in [1.29, 1.82) is 0 Å². The average Bonchev–Trinajstić information content (AvgIpc) is 3.08. The summed E-state index contributed by atoms with van der Waals surface area (Å²) < 4.78 is 12.1. The lowest BCUT2D eigenvalue weighted by Crippen LogP contribution is -2.37. The van der Waals surface area contributed by atoms with E-state index in [1.807, 2.05) is 42.5 Å². The number of hydrogen-bond acceptors (Lipinski definition) is 5. The number of piperidine rings is 1. The molecule has 1 fully saturated rings. The van der Waals surface area contributed by atoms with Crippen LogP contribution < -0.4 is 9.64 Å². The van der Waals surface area contributed by atoms with Gasteiger partial charge < -0.3 is 14.1 Å². The summed E-state index contributed by atoms with van der Waals surface area (Å²) in [5, 5.41) is 0. The standard InChI is InChI=1S/C19H17BrN2O3/c20-14-5-1-3-7-16(14)24-18(23)13-9-11-22(12-10-13)19-21-15-6-2-4-8-17(15)25-19/h1-8,13H,9-12H2. The van der Waals surface area contributed by atoms with Gasteiger partial charge in [0.25, 0.3) is 6.01 Å². The van der Waals surface area contributed by atoms with Crippen LogP contribution in [0.5, 0.6) is 5.75 Å². The second-order valence-corrected chi connectivity index (χ2v) is 6.93. The van der Waals surface area contributed by atoms with Crippen molar-refractivity contribution in [2.75, 3.05) is 18.0 Å². The minimum absolute atomic E-state index is 0.104. The molecule has 0 aliphatic carbocycles. The molecule has 6 heteroatoms. The zero-order valence-corrected chi connectivity index (χ0v) is 15.1. The Bertz CT molecular complexity index is 867. The van der Waals surface area contributed by atoms with E-state index in [0.29, 0.717) is 11.8 Å². The average molecular weight is 401 g/mol. The van der Waals surface area contributed by atoms with E-state index in [2.05, 4.69) is 25.8 Å². The van der Waals surface area contributed by atoms with Crippen molar-refractivity contribution in [3.05, 3.63) is 53.0 Å². The fourth-order valence-corrected chi connectivity index (χ4v) is 3.39. The first-order valence-electron chi connectivity index (χ1n) is 8.27. The number of rotatable bonds is 3. The maximum atomic E-state index is 12.4. The molecule has 4 rings (SSSR count). The van der Waals surface area contributed by atoms with Crippen molar-refractivity contribution in [2.24, 2.45) is 5.92 Å². The van der Waals surface area contributed by atoms with E-state index in [1.54, 1.807) is 6.07 Å². The highest BCUT2D eigenvalue weighted by Gasteiger charge is 2.28. The number of para-hydroxylation sites is 3. The monoisotopic (exact) mass is 400 g/mol. The normalized spacial score (nSPS) is 15.5. The maximum Gasteiger partial charge on any atom is 0.314 e. The van der Waals surface area contributed by atoms with Crippen LogP contribution in [0, 0.1) is 5.92 Å². The van der Waals surface area contributed by atoms with Gasteiger partial charge in [-0.05, 0) is 53.0 Å². The maximum absolute atomic E-state index is 12.4. The summed E-state index contributed by atoms with van der Waals surface area (Å²) in [6.07, 6.45) is 1.45. The molecule has 0 spiro atoms. The fourth-order valence-electron chi connectivity index (χ4n) is 3.02. The Hall–Kier alpha value is -2.34. The van der Waals surface area contributed by atoms with Crippen LogP contribution in [0.15, 0.2) is 57.4 Å². The Morgan fingerprint density at radius 3 is 2.60 bits per heavy atom. The lowest BCUT2D eigenvalue weighted by molar-refractivity contribution is -0.139. The molecular formula is C19H17BrN2O3. The van der Waals surface area contributed by atoms with Gasteiger partial charge in [-0.3, -0.25) is 4.79 Å². The highest BCUT2D eigenvalue weighted by molar-refractivity contribution is 9.10. The zero-order chi connectivity index (χ0) is 17.2. The molecule has 0 amide bonds. The van der Waals surface area contributed by atoms with Crippen molar-refractivity contribution in [1.82, 2.24) is 4.98 Å². The number of aromatic nitrogens is 1. The van der Waals surface area contributed by atoms with Gasteiger partial charge in [0.15, 0.2) is 5.58 Å². The van der Waals surface area contributed by atoms with Gasteiger partial charge in [-0.2, -0.15) is 4.98 Å². The number of oxazole rings is 1. The summed E-state index contributed by atoms with van der Waals surface area (Å²) >= 11 is 3.40. The number of ether oxygens (including phenoxy) is 1. The summed E-state index contributed by atoms with van der Waals surface area (Å²) in [4.78, 5) is 19.0. The van der Waals surface area contributed by atoms with E-state index < -0.39 is 0 Å². The van der Waals surface area contributed by atoms with Crippen LogP contribution in [0.25, 0.3) is 11.1 Å². The van der Waals surface area contributed by atoms with Gasteiger partial charge in [0.05, 0.1) is 10.4 Å². The SMILES string of the molecule is O=C(Oc1ccccc1Br)C1CCN(c2nc3ccccc3o2)CC1. The Morgan fingerprint density at radius 2 is 1.84 bits per heavy atom. The number of benzene rings is 2. The summed E-state index contributed by atoms with van der Waals surface area (Å²) in [5.74, 6) is 0.283. The minimum Gasteiger partial charge on any atom is -0.425 e. The lowest BCUT2D eigenvalue weighted by atomic mass is 9.97. The first kappa shape index (κ1) is 16.1. The van der Waals surface area contributed by atoms with Gasteiger partial charge in [0, 0.05) is 13.1 Å². The molecule has 1 aliphatic rings. The summed E-state index contributed by atoms with van der Waals surface area (Å²) in [7, 11) is 0. The van der Waals surface area contributed by atoms with Crippen LogP contribution in [-0.4, -0.2) is 24.0 Å². The molecule has 1 aliphatic heterocycles. The van der Waals surface area contributed by atoms with Crippen LogP contribution >= 0.6 is 15.9 Å². The van der Waals surface area contributed by atoms with Crippen LogP contribution in [0.3, 0.4) is 0 Å². The van der Waals surface area contributed by atoms with E-state index in [1.165, 1.54) is 0 Å². The van der Waals surface area contributed by atoms with E-state index in [-0.39, 0.29) is 11.9 Å². The molecule has 1 saturated heterocycles. The fraction of sp³-hybridized carbons (Fsp3) is 0.263. The Morgan fingerprint density at radius 1 is 1.12 bits per heavy atom. The number of carbonyl (C=O) groups is 1. The molecule has 1 aromatic heterocycles. The third kappa shape index (κ3) is 3.39. The highest BCUT2D eigenvalue weighted by Crippen LogP contribution is 2.29. The van der Waals surface area contributed by atoms with E-state index in [4.69, 9.17) is 9.15 Å². The van der Waals surface area contributed by atoms with Crippen LogP contribution in [-0.2, 0) is 4.79 Å². The molecule has 2 heterocycles. The van der Waals surface area contributed by atoms with E-state index in [9.17, 15) is 4.79 Å². The van der Waals surface area contributed by atoms with Crippen molar-refractivity contribution in [2.45, 2.75) is 12.8 Å². The summed E-state index contributed by atoms with van der Waals surface area (Å²) in [6, 6.07) is 15.7. The number of halogens is 1. The van der Waals surface area contributed by atoms with Crippen LogP contribution in [0.4, 0.5) is 6.01 Å². The number of anilines is 1. The predicted molar refractivity (Wildman–Crippen MR) is 98.7 cm³/mol. The molecule has 128 valence electrons. The van der Waals surface area contributed by atoms with Crippen LogP contribution in [0.1, 0.15) is 12.8 Å². The number of esters is 1. The molecule has 25 heavy (non-hydrogen) atoms. The van der Waals surface area contributed by atoms with E-state index in [0.717, 1.165) is 41.5 Å². The molecule has 0 atom stereocenters. The van der Waals surface area contributed by atoms with Gasteiger partial charge in [0.1, 0.15) is 11.3 Å². The number of hydrogen-bond donors (Lipinski definition) is 0. The molecule has 0 unspecified atom stereocenters. The van der Waals surface area contributed by atoms with Gasteiger partial charge in [-0.1, -0.05) is 24.3 Å². The first-order valence-corrected chi connectivity index (χ1v) is 9.07. The van der Waals surface area contributed by atoms with Crippen LogP contribution in [0.2, 0.25) is 0 Å². The molecule has 2 aromatic carbocycles. The van der Waals surface area contributed by atoms with Crippen molar-refractivity contribution >= 4 is 39.0 Å². The number of nitrogens with zero attached hydrogens (tertiary/aromatic N) is 2. The second kappa shape index (κ2) is 6.88. The van der Waals surface area contributed by atoms with Gasteiger partial charge in [-0.15, -0.1) is 0 Å². The van der Waals surface area contributed by atoms with Gasteiger partial charge in [0.2, 0.25) is 0 Å². The smallest absolute Gasteiger partial charge is 0.314 e. The molecule has 0 N–H and O–H groups in total.